The van der Waals surface area contributed by atoms with Gasteiger partial charge in [-0.25, -0.2) is 5.84 Å². The minimum atomic E-state index is -0.178. The van der Waals surface area contributed by atoms with Crippen LogP contribution >= 0.6 is 0 Å². The van der Waals surface area contributed by atoms with Crippen molar-refractivity contribution >= 4 is 5.91 Å². The van der Waals surface area contributed by atoms with E-state index in [1.54, 1.807) is 6.08 Å². The second-order valence-electron chi connectivity index (χ2n) is 2.83. The molecular weight excluding hydrogens is 156 g/mol. The Morgan fingerprint density at radius 2 is 2.50 bits per heavy atom. The summed E-state index contributed by atoms with van der Waals surface area (Å²) in [5, 5.41) is 0. The van der Waals surface area contributed by atoms with Gasteiger partial charge in [0.15, 0.2) is 0 Å². The Kier molecular flexibility index (Phi) is 3.25. The zero-order valence-electron chi connectivity index (χ0n) is 6.95. The van der Waals surface area contributed by atoms with Crippen LogP contribution in [-0.4, -0.2) is 18.6 Å². The molecule has 0 aromatic heterocycles. The summed E-state index contributed by atoms with van der Waals surface area (Å²) >= 11 is 0. The fourth-order valence-electron chi connectivity index (χ4n) is 1.42. The van der Waals surface area contributed by atoms with Gasteiger partial charge in [-0.15, -0.1) is 6.58 Å². The summed E-state index contributed by atoms with van der Waals surface area (Å²) in [5.74, 6) is 4.70. The van der Waals surface area contributed by atoms with Gasteiger partial charge in [0.1, 0.15) is 0 Å². The first-order chi connectivity index (χ1) is 5.79. The van der Waals surface area contributed by atoms with Gasteiger partial charge in [0, 0.05) is 6.61 Å². The van der Waals surface area contributed by atoms with Crippen LogP contribution in [0, 0.1) is 5.92 Å². The van der Waals surface area contributed by atoms with Crippen LogP contribution in [0.5, 0.6) is 0 Å². The minimum Gasteiger partial charge on any atom is -0.373 e. The van der Waals surface area contributed by atoms with E-state index in [0.29, 0.717) is 6.61 Å². The van der Waals surface area contributed by atoms with Gasteiger partial charge < -0.3 is 4.74 Å². The molecule has 1 amide bonds. The highest BCUT2D eigenvalue weighted by molar-refractivity contribution is 5.78. The molecule has 2 atom stereocenters. The molecule has 1 aliphatic heterocycles. The molecule has 0 aromatic rings. The summed E-state index contributed by atoms with van der Waals surface area (Å²) in [6, 6.07) is 0. The van der Waals surface area contributed by atoms with Crippen LogP contribution in [0.2, 0.25) is 0 Å². The Morgan fingerprint density at radius 1 is 1.75 bits per heavy atom. The Bertz CT molecular complexity index is 182. The highest BCUT2D eigenvalue weighted by Gasteiger charge is 2.29. The molecule has 0 bridgehead atoms. The number of nitrogens with two attached hydrogens (primary N) is 1. The van der Waals surface area contributed by atoms with E-state index in [9.17, 15) is 4.79 Å². The normalized spacial score (nSPS) is 29.4. The molecule has 0 aliphatic carbocycles. The third-order valence-corrected chi connectivity index (χ3v) is 2.08. The van der Waals surface area contributed by atoms with Crippen molar-refractivity contribution in [3.63, 3.8) is 0 Å². The lowest BCUT2D eigenvalue weighted by molar-refractivity contribution is -0.131. The fourth-order valence-corrected chi connectivity index (χ4v) is 1.42. The van der Waals surface area contributed by atoms with E-state index in [2.05, 4.69) is 12.0 Å². The van der Waals surface area contributed by atoms with Crippen LogP contribution in [0.1, 0.15) is 12.8 Å². The van der Waals surface area contributed by atoms with Crippen LogP contribution in [0.3, 0.4) is 0 Å². The lowest BCUT2D eigenvalue weighted by Gasteiger charge is -2.27. The number of amides is 1. The molecule has 4 nitrogen and oxygen atoms in total. The monoisotopic (exact) mass is 170 g/mol. The highest BCUT2D eigenvalue weighted by atomic mass is 16.5. The van der Waals surface area contributed by atoms with Crippen molar-refractivity contribution < 1.29 is 9.53 Å². The predicted molar refractivity (Wildman–Crippen MR) is 45.0 cm³/mol. The first-order valence-electron chi connectivity index (χ1n) is 4.04. The number of rotatable bonds is 2. The van der Waals surface area contributed by atoms with Crippen LogP contribution in [0.25, 0.3) is 0 Å². The van der Waals surface area contributed by atoms with E-state index in [0.717, 1.165) is 12.8 Å². The first-order valence-corrected chi connectivity index (χ1v) is 4.04. The van der Waals surface area contributed by atoms with Crippen LogP contribution < -0.4 is 11.3 Å². The molecule has 1 rings (SSSR count). The van der Waals surface area contributed by atoms with Crippen molar-refractivity contribution in [2.24, 2.45) is 11.8 Å². The molecule has 68 valence electrons. The van der Waals surface area contributed by atoms with Crippen molar-refractivity contribution in [1.29, 1.82) is 0 Å². The number of nitrogens with one attached hydrogen (secondary N) is 1. The van der Waals surface area contributed by atoms with Crippen LogP contribution in [0.15, 0.2) is 12.7 Å². The Balaban J connectivity index is 2.58. The first kappa shape index (κ1) is 9.22. The van der Waals surface area contributed by atoms with Gasteiger partial charge >= 0.3 is 0 Å². The third kappa shape index (κ3) is 1.84. The maximum Gasteiger partial charge on any atom is 0.239 e. The largest absolute Gasteiger partial charge is 0.373 e. The number of ether oxygens (including phenoxy) is 1. The van der Waals surface area contributed by atoms with E-state index < -0.39 is 0 Å². The summed E-state index contributed by atoms with van der Waals surface area (Å²) in [6.07, 6.45) is 3.20. The summed E-state index contributed by atoms with van der Waals surface area (Å²) < 4.78 is 5.33. The van der Waals surface area contributed by atoms with E-state index in [1.807, 2.05) is 0 Å². The number of carbonyl (C=O) groups excluding carboxylic acids is 1. The topological polar surface area (TPSA) is 64.3 Å². The maximum absolute atomic E-state index is 11.2. The standard InChI is InChI=1S/C8H14N2O2/c1-2-7-6(8(11)10-9)4-3-5-12-7/h2,6-7H,1,3-5,9H2,(H,10,11)/t6-,7-/m1/s1. The number of hydrogen-bond donors (Lipinski definition) is 2. The van der Waals surface area contributed by atoms with Gasteiger partial charge in [-0.1, -0.05) is 6.08 Å². The van der Waals surface area contributed by atoms with Crippen molar-refractivity contribution in [3.8, 4) is 0 Å². The van der Waals surface area contributed by atoms with E-state index in [4.69, 9.17) is 10.6 Å². The molecule has 1 heterocycles. The Hall–Kier alpha value is -0.870. The SMILES string of the molecule is C=C[C@H]1OCCC[C@H]1C(=O)NN. The zero-order chi connectivity index (χ0) is 8.97. The Morgan fingerprint density at radius 3 is 3.08 bits per heavy atom. The van der Waals surface area contributed by atoms with E-state index in [1.165, 1.54) is 0 Å². The van der Waals surface area contributed by atoms with E-state index >= 15 is 0 Å². The Labute approximate surface area is 71.7 Å². The lowest BCUT2D eigenvalue weighted by atomic mass is 9.94. The molecule has 0 spiro atoms. The van der Waals surface area contributed by atoms with Crippen molar-refractivity contribution in [2.45, 2.75) is 18.9 Å². The molecule has 0 saturated carbocycles. The summed E-state index contributed by atoms with van der Waals surface area (Å²) in [4.78, 5) is 11.2. The zero-order valence-corrected chi connectivity index (χ0v) is 6.95. The fraction of sp³-hybridized carbons (Fsp3) is 0.625. The van der Waals surface area contributed by atoms with Gasteiger partial charge in [0.25, 0.3) is 0 Å². The summed E-state index contributed by atoms with van der Waals surface area (Å²) in [6.45, 7) is 4.30. The molecule has 4 heteroatoms. The molecule has 0 aromatic carbocycles. The van der Waals surface area contributed by atoms with Crippen molar-refractivity contribution in [1.82, 2.24) is 5.43 Å². The van der Waals surface area contributed by atoms with Gasteiger partial charge in [-0.2, -0.15) is 0 Å². The maximum atomic E-state index is 11.2. The van der Waals surface area contributed by atoms with Gasteiger partial charge in [0.2, 0.25) is 5.91 Å². The van der Waals surface area contributed by atoms with Crippen LogP contribution in [-0.2, 0) is 9.53 Å². The van der Waals surface area contributed by atoms with Gasteiger partial charge in [0.05, 0.1) is 12.0 Å². The smallest absolute Gasteiger partial charge is 0.239 e. The molecule has 0 unspecified atom stereocenters. The molecular formula is C8H14N2O2. The average molecular weight is 170 g/mol. The van der Waals surface area contributed by atoms with E-state index in [-0.39, 0.29) is 17.9 Å². The molecule has 12 heavy (non-hydrogen) atoms. The average Bonchev–Trinajstić information content (AvgIpc) is 2.16. The third-order valence-electron chi connectivity index (χ3n) is 2.08. The predicted octanol–water partition coefficient (Wildman–Crippen LogP) is -0.0425. The highest BCUT2D eigenvalue weighted by Crippen LogP contribution is 2.21. The van der Waals surface area contributed by atoms with Crippen LogP contribution in [0.4, 0.5) is 0 Å². The number of carbonyl (C=O) groups is 1. The van der Waals surface area contributed by atoms with Crippen molar-refractivity contribution in [2.75, 3.05) is 6.61 Å². The summed E-state index contributed by atoms with van der Waals surface area (Å²) in [7, 11) is 0. The molecule has 0 radical (unpaired) electrons. The molecule has 1 aliphatic rings. The minimum absolute atomic E-state index is 0.166. The molecule has 1 fully saturated rings. The number of hydrogen-bond acceptors (Lipinski definition) is 3. The summed E-state index contributed by atoms with van der Waals surface area (Å²) in [5.41, 5.74) is 2.13. The van der Waals surface area contributed by atoms with Crippen molar-refractivity contribution in [3.05, 3.63) is 12.7 Å². The quantitative estimate of drug-likeness (QED) is 0.264. The van der Waals surface area contributed by atoms with Gasteiger partial charge in [-0.05, 0) is 12.8 Å². The second kappa shape index (κ2) is 4.23. The number of hydrazine groups is 1. The molecule has 1 saturated heterocycles. The lowest BCUT2D eigenvalue weighted by Crippen LogP contribution is -2.43. The van der Waals surface area contributed by atoms with Gasteiger partial charge in [-0.3, -0.25) is 10.2 Å². The second-order valence-corrected chi connectivity index (χ2v) is 2.83. The molecule has 3 N–H and O–H groups in total.